The van der Waals surface area contributed by atoms with E-state index in [2.05, 4.69) is 4.90 Å². The van der Waals surface area contributed by atoms with Crippen molar-refractivity contribution in [2.45, 2.75) is 25.7 Å². The van der Waals surface area contributed by atoms with Crippen LogP contribution in [0.4, 0.5) is 0 Å². The summed E-state index contributed by atoms with van der Waals surface area (Å²) in [5, 5.41) is 10.6. The lowest BCUT2D eigenvalue weighted by molar-refractivity contribution is 0.268. The predicted octanol–water partition coefficient (Wildman–Crippen LogP) is 4.43. The van der Waals surface area contributed by atoms with E-state index in [-0.39, 0.29) is 16.7 Å². The lowest BCUT2D eigenvalue weighted by Gasteiger charge is -2.15. The fourth-order valence-corrected chi connectivity index (χ4v) is 3.92. The normalized spacial score (nSPS) is 14.3. The van der Waals surface area contributed by atoms with Crippen molar-refractivity contribution in [3.05, 3.63) is 52.7 Å². The first kappa shape index (κ1) is 20.3. The molecule has 1 aromatic heterocycles. The highest BCUT2D eigenvalue weighted by atomic mass is 16.5. The highest BCUT2D eigenvalue weighted by Gasteiger charge is 2.20. The molecular weight excluding hydrogens is 382 g/mol. The smallest absolute Gasteiger partial charge is 0.235 e. The lowest BCUT2D eigenvalue weighted by Crippen LogP contribution is -2.20. The quantitative estimate of drug-likeness (QED) is 0.555. The zero-order valence-electron chi connectivity index (χ0n) is 17.2. The molecule has 30 heavy (non-hydrogen) atoms. The SMILES string of the molecule is COc1c(OCCCCN2CCCC2)ccc2c(=O)c(O)c(-c3ccccc3)oc12. The molecule has 0 unspecified atom stereocenters. The second kappa shape index (κ2) is 9.22. The largest absolute Gasteiger partial charge is 0.502 e. The maximum absolute atomic E-state index is 12.7. The van der Waals surface area contributed by atoms with Crippen molar-refractivity contribution in [3.8, 4) is 28.6 Å². The van der Waals surface area contributed by atoms with Crippen LogP contribution in [-0.2, 0) is 0 Å². The Kier molecular flexibility index (Phi) is 6.23. The standard InChI is InChI=1S/C24H27NO5/c1-28-24-19(29-16-8-7-15-25-13-5-6-14-25)12-11-18-20(26)21(27)22(30-23(18)24)17-9-3-2-4-10-17/h2-4,9-12,27H,5-8,13-16H2,1H3. The molecule has 6 nitrogen and oxygen atoms in total. The van der Waals surface area contributed by atoms with Crippen LogP contribution in [0.2, 0.25) is 0 Å². The minimum atomic E-state index is -0.495. The molecule has 1 saturated heterocycles. The van der Waals surface area contributed by atoms with Crippen molar-refractivity contribution < 1.29 is 19.0 Å². The van der Waals surface area contributed by atoms with E-state index in [1.807, 2.05) is 18.2 Å². The molecule has 0 bridgehead atoms. The van der Waals surface area contributed by atoms with Crippen LogP contribution in [0.15, 0.2) is 51.7 Å². The third-order valence-corrected chi connectivity index (χ3v) is 5.52. The van der Waals surface area contributed by atoms with E-state index in [1.54, 1.807) is 24.3 Å². The Balaban J connectivity index is 1.57. The number of fused-ring (bicyclic) bond motifs is 1. The Morgan fingerprint density at radius 2 is 1.83 bits per heavy atom. The highest BCUT2D eigenvalue weighted by Crippen LogP contribution is 2.38. The Morgan fingerprint density at radius 3 is 2.57 bits per heavy atom. The number of ether oxygens (including phenoxy) is 2. The molecule has 158 valence electrons. The van der Waals surface area contributed by atoms with Crippen LogP contribution in [-0.4, -0.2) is 43.4 Å². The van der Waals surface area contributed by atoms with Crippen molar-refractivity contribution in [2.24, 2.45) is 0 Å². The number of hydrogen-bond donors (Lipinski definition) is 1. The molecule has 1 aliphatic heterocycles. The molecule has 3 aromatic rings. The first-order valence-corrected chi connectivity index (χ1v) is 10.5. The fourth-order valence-electron chi connectivity index (χ4n) is 3.92. The van der Waals surface area contributed by atoms with Crippen LogP contribution in [0.3, 0.4) is 0 Å². The molecule has 2 aromatic carbocycles. The van der Waals surface area contributed by atoms with E-state index in [0.29, 0.717) is 23.7 Å². The molecule has 6 heteroatoms. The van der Waals surface area contributed by atoms with Gasteiger partial charge >= 0.3 is 0 Å². The summed E-state index contributed by atoms with van der Waals surface area (Å²) in [5.74, 6) is 0.598. The number of aromatic hydroxyl groups is 1. The number of unbranched alkanes of at least 4 members (excludes halogenated alkanes) is 1. The van der Waals surface area contributed by atoms with Crippen LogP contribution >= 0.6 is 0 Å². The van der Waals surface area contributed by atoms with Gasteiger partial charge in [0.2, 0.25) is 16.9 Å². The summed E-state index contributed by atoms with van der Waals surface area (Å²) in [6, 6.07) is 12.3. The van der Waals surface area contributed by atoms with Gasteiger partial charge in [-0.15, -0.1) is 0 Å². The van der Waals surface area contributed by atoms with Gasteiger partial charge in [-0.25, -0.2) is 0 Å². The van der Waals surface area contributed by atoms with Crippen LogP contribution in [0, 0.1) is 0 Å². The number of likely N-dealkylation sites (tertiary alicyclic amines) is 1. The van der Waals surface area contributed by atoms with Crippen molar-refractivity contribution in [3.63, 3.8) is 0 Å². The molecule has 0 amide bonds. The minimum Gasteiger partial charge on any atom is -0.502 e. The molecule has 4 rings (SSSR count). The topological polar surface area (TPSA) is 72.1 Å². The Hall–Kier alpha value is -2.99. The third kappa shape index (κ3) is 4.14. The molecule has 0 saturated carbocycles. The second-order valence-electron chi connectivity index (χ2n) is 7.55. The van der Waals surface area contributed by atoms with Crippen LogP contribution in [0.1, 0.15) is 25.7 Å². The molecule has 1 aliphatic rings. The second-order valence-corrected chi connectivity index (χ2v) is 7.55. The molecular formula is C24H27NO5. The summed E-state index contributed by atoms with van der Waals surface area (Å²) in [5.41, 5.74) is 0.392. The number of rotatable bonds is 8. The van der Waals surface area contributed by atoms with Gasteiger partial charge in [-0.05, 0) is 57.5 Å². The van der Waals surface area contributed by atoms with Gasteiger partial charge in [0, 0.05) is 5.56 Å². The van der Waals surface area contributed by atoms with Gasteiger partial charge in [-0.3, -0.25) is 4.79 Å². The fraction of sp³-hybridized carbons (Fsp3) is 0.375. The van der Waals surface area contributed by atoms with E-state index in [4.69, 9.17) is 13.9 Å². The first-order valence-electron chi connectivity index (χ1n) is 10.5. The van der Waals surface area contributed by atoms with Gasteiger partial charge in [0.05, 0.1) is 19.1 Å². The van der Waals surface area contributed by atoms with Gasteiger partial charge in [0.15, 0.2) is 17.1 Å². The Labute approximate surface area is 175 Å². The van der Waals surface area contributed by atoms with E-state index in [0.717, 1.165) is 19.4 Å². The maximum atomic E-state index is 12.7. The summed E-state index contributed by atoms with van der Waals surface area (Å²) in [6.07, 6.45) is 4.62. The van der Waals surface area contributed by atoms with E-state index in [9.17, 15) is 9.90 Å². The Bertz CT molecular complexity index is 1050. The molecule has 1 N–H and O–H groups in total. The summed E-state index contributed by atoms with van der Waals surface area (Å²) < 4.78 is 17.4. The zero-order chi connectivity index (χ0) is 20.9. The molecule has 0 aliphatic carbocycles. The molecule has 0 atom stereocenters. The van der Waals surface area contributed by atoms with Crippen LogP contribution in [0.25, 0.3) is 22.3 Å². The van der Waals surface area contributed by atoms with E-state index < -0.39 is 11.2 Å². The van der Waals surface area contributed by atoms with Gasteiger partial charge in [0.1, 0.15) is 0 Å². The van der Waals surface area contributed by atoms with E-state index in [1.165, 1.54) is 33.0 Å². The van der Waals surface area contributed by atoms with E-state index >= 15 is 0 Å². The molecule has 1 fully saturated rings. The highest BCUT2D eigenvalue weighted by molar-refractivity contribution is 5.88. The van der Waals surface area contributed by atoms with Gasteiger partial charge in [-0.1, -0.05) is 30.3 Å². The monoisotopic (exact) mass is 409 g/mol. The summed E-state index contributed by atoms with van der Waals surface area (Å²) in [7, 11) is 1.52. The van der Waals surface area contributed by atoms with Crippen molar-refractivity contribution >= 4 is 11.0 Å². The van der Waals surface area contributed by atoms with Crippen LogP contribution < -0.4 is 14.9 Å². The average molecular weight is 409 g/mol. The zero-order valence-corrected chi connectivity index (χ0v) is 17.2. The van der Waals surface area contributed by atoms with Gasteiger partial charge in [-0.2, -0.15) is 0 Å². The molecule has 2 heterocycles. The third-order valence-electron chi connectivity index (χ3n) is 5.52. The predicted molar refractivity (Wildman–Crippen MR) is 117 cm³/mol. The molecule has 0 radical (unpaired) electrons. The maximum Gasteiger partial charge on any atom is 0.235 e. The average Bonchev–Trinajstić information content (AvgIpc) is 3.29. The van der Waals surface area contributed by atoms with Gasteiger partial charge < -0.3 is 23.9 Å². The Morgan fingerprint density at radius 1 is 1.07 bits per heavy atom. The summed E-state index contributed by atoms with van der Waals surface area (Å²) in [4.78, 5) is 15.2. The first-order chi connectivity index (χ1) is 14.7. The van der Waals surface area contributed by atoms with Crippen molar-refractivity contribution in [2.75, 3.05) is 33.4 Å². The minimum absolute atomic E-state index is 0.120. The number of methoxy groups -OCH3 is 1. The van der Waals surface area contributed by atoms with Crippen molar-refractivity contribution in [1.82, 2.24) is 4.90 Å². The van der Waals surface area contributed by atoms with Crippen molar-refractivity contribution in [1.29, 1.82) is 0 Å². The number of nitrogens with zero attached hydrogens (tertiary/aromatic N) is 1. The number of hydrogen-bond acceptors (Lipinski definition) is 6. The van der Waals surface area contributed by atoms with Gasteiger partial charge in [0.25, 0.3) is 0 Å². The lowest BCUT2D eigenvalue weighted by atomic mass is 10.1. The number of benzene rings is 2. The summed E-state index contributed by atoms with van der Waals surface area (Å²) >= 11 is 0. The summed E-state index contributed by atoms with van der Waals surface area (Å²) in [6.45, 7) is 4.07. The molecule has 0 spiro atoms. The van der Waals surface area contributed by atoms with Crippen LogP contribution in [0.5, 0.6) is 17.2 Å².